The van der Waals surface area contributed by atoms with Gasteiger partial charge in [-0.2, -0.15) is 26.3 Å². The molecular weight excluding hydrogens is 498 g/mol. The van der Waals surface area contributed by atoms with E-state index < -0.39 is 35.6 Å². The highest BCUT2D eigenvalue weighted by atomic mass is 35.5. The zero-order chi connectivity index (χ0) is 26.1. The number of halogens is 7. The minimum atomic E-state index is -4.92. The molecule has 0 spiro atoms. The van der Waals surface area contributed by atoms with E-state index in [-0.39, 0.29) is 24.3 Å². The topological polar surface area (TPSA) is 41.6 Å². The van der Waals surface area contributed by atoms with Gasteiger partial charge >= 0.3 is 18.4 Å². The van der Waals surface area contributed by atoms with Crippen molar-refractivity contribution >= 4 is 23.4 Å². The van der Waals surface area contributed by atoms with Crippen LogP contribution in [0.5, 0.6) is 0 Å². The molecule has 192 valence electrons. The van der Waals surface area contributed by atoms with E-state index in [1.807, 2.05) is 0 Å². The molecular formula is C24H25ClF6N2O2. The van der Waals surface area contributed by atoms with Crippen molar-refractivity contribution in [1.29, 1.82) is 0 Å². The predicted octanol–water partition coefficient (Wildman–Crippen LogP) is 7.66. The smallest absolute Gasteiger partial charge is 0.416 e. The van der Waals surface area contributed by atoms with Crippen LogP contribution in [0, 0.1) is 6.92 Å². The van der Waals surface area contributed by atoms with Crippen molar-refractivity contribution in [3.63, 3.8) is 0 Å². The summed E-state index contributed by atoms with van der Waals surface area (Å²) in [5, 5.41) is 3.50. The van der Waals surface area contributed by atoms with Crippen molar-refractivity contribution in [2.24, 2.45) is 0 Å². The van der Waals surface area contributed by atoms with Gasteiger partial charge in [0.25, 0.3) is 0 Å². The SMILES string of the molecule is Cc1c(Cl)ccc2c1N(C(=O)OC(C)C)CCCC2NCc1cc(C(F)(F)F)cc(C(F)(F)F)c1. The minimum Gasteiger partial charge on any atom is -0.446 e. The van der Waals surface area contributed by atoms with Crippen LogP contribution in [-0.2, 0) is 23.6 Å². The fraction of sp³-hybridized carbons (Fsp3) is 0.458. The zero-order valence-electron chi connectivity index (χ0n) is 19.3. The van der Waals surface area contributed by atoms with Gasteiger partial charge in [0.05, 0.1) is 22.9 Å². The van der Waals surface area contributed by atoms with Crippen molar-refractivity contribution in [2.75, 3.05) is 11.4 Å². The summed E-state index contributed by atoms with van der Waals surface area (Å²) < 4.78 is 84.7. The average molecular weight is 523 g/mol. The second-order valence-corrected chi connectivity index (χ2v) is 9.09. The van der Waals surface area contributed by atoms with Crippen LogP contribution in [0.15, 0.2) is 30.3 Å². The molecule has 0 fully saturated rings. The summed E-state index contributed by atoms with van der Waals surface area (Å²) in [6.07, 6.45) is -9.74. The molecule has 4 nitrogen and oxygen atoms in total. The third-order valence-corrected chi connectivity index (χ3v) is 6.08. The summed E-state index contributed by atoms with van der Waals surface area (Å²) in [6, 6.07) is 4.43. The monoisotopic (exact) mass is 522 g/mol. The lowest BCUT2D eigenvalue weighted by Crippen LogP contribution is -2.34. The fourth-order valence-electron chi connectivity index (χ4n) is 4.08. The van der Waals surface area contributed by atoms with Gasteiger partial charge in [-0.15, -0.1) is 0 Å². The Hall–Kier alpha value is -2.46. The number of anilines is 1. The summed E-state index contributed by atoms with van der Waals surface area (Å²) in [5.74, 6) is 0. The van der Waals surface area contributed by atoms with Gasteiger partial charge in [-0.1, -0.05) is 17.7 Å². The number of ether oxygens (including phenoxy) is 1. The number of rotatable bonds is 4. The first-order chi connectivity index (χ1) is 16.2. The summed E-state index contributed by atoms with van der Waals surface area (Å²) in [5.41, 5.74) is -1.07. The second-order valence-electron chi connectivity index (χ2n) is 8.68. The maximum absolute atomic E-state index is 13.2. The number of alkyl halides is 6. The lowest BCUT2D eigenvalue weighted by atomic mass is 9.98. The number of benzene rings is 2. The van der Waals surface area contributed by atoms with Gasteiger partial charge in [0, 0.05) is 24.2 Å². The van der Waals surface area contributed by atoms with Crippen LogP contribution in [0.25, 0.3) is 0 Å². The second kappa shape index (κ2) is 10.3. The summed E-state index contributed by atoms with van der Waals surface area (Å²) in [4.78, 5) is 14.2. The lowest BCUT2D eigenvalue weighted by molar-refractivity contribution is -0.143. The molecule has 0 bridgehead atoms. The maximum Gasteiger partial charge on any atom is 0.416 e. The van der Waals surface area contributed by atoms with E-state index in [0.29, 0.717) is 53.4 Å². The molecule has 0 saturated carbocycles. The van der Waals surface area contributed by atoms with Gasteiger partial charge in [0.2, 0.25) is 0 Å². The molecule has 1 amide bonds. The van der Waals surface area contributed by atoms with E-state index in [9.17, 15) is 31.1 Å². The Kier molecular flexibility index (Phi) is 7.96. The average Bonchev–Trinajstić information content (AvgIpc) is 2.93. The molecule has 2 aromatic carbocycles. The summed E-state index contributed by atoms with van der Waals surface area (Å²) >= 11 is 6.30. The van der Waals surface area contributed by atoms with Crippen LogP contribution < -0.4 is 10.2 Å². The Balaban J connectivity index is 1.95. The van der Waals surface area contributed by atoms with E-state index in [2.05, 4.69) is 5.32 Å². The van der Waals surface area contributed by atoms with Crippen LogP contribution in [0.2, 0.25) is 5.02 Å². The first kappa shape index (κ1) is 27.1. The number of hydrogen-bond acceptors (Lipinski definition) is 3. The quantitative estimate of drug-likeness (QED) is 0.419. The molecule has 11 heteroatoms. The first-order valence-electron chi connectivity index (χ1n) is 11.0. The van der Waals surface area contributed by atoms with Crippen LogP contribution in [-0.4, -0.2) is 18.7 Å². The molecule has 1 heterocycles. The number of nitrogens with zero attached hydrogens (tertiary/aromatic N) is 1. The van der Waals surface area contributed by atoms with Gasteiger partial charge in [-0.3, -0.25) is 4.90 Å². The molecule has 0 radical (unpaired) electrons. The van der Waals surface area contributed by atoms with Gasteiger partial charge in [-0.05, 0) is 74.6 Å². The normalized spacial score (nSPS) is 16.8. The molecule has 1 unspecified atom stereocenters. The minimum absolute atomic E-state index is 0.105. The summed E-state index contributed by atoms with van der Waals surface area (Å²) in [6.45, 7) is 5.25. The molecule has 0 saturated heterocycles. The van der Waals surface area contributed by atoms with Crippen molar-refractivity contribution in [2.45, 2.75) is 64.7 Å². The van der Waals surface area contributed by atoms with Crippen LogP contribution in [0.4, 0.5) is 36.8 Å². The van der Waals surface area contributed by atoms with Crippen molar-refractivity contribution in [3.8, 4) is 0 Å². The number of fused-ring (bicyclic) bond motifs is 1. The van der Waals surface area contributed by atoms with Crippen LogP contribution in [0.1, 0.15) is 60.5 Å². The lowest BCUT2D eigenvalue weighted by Gasteiger charge is -2.27. The van der Waals surface area contributed by atoms with Crippen LogP contribution in [0.3, 0.4) is 0 Å². The molecule has 1 aliphatic rings. The molecule has 1 N–H and O–H groups in total. The van der Waals surface area contributed by atoms with Gasteiger partial charge in [0.15, 0.2) is 0 Å². The zero-order valence-corrected chi connectivity index (χ0v) is 20.0. The highest BCUT2D eigenvalue weighted by molar-refractivity contribution is 6.31. The number of amides is 1. The van der Waals surface area contributed by atoms with Gasteiger partial charge in [-0.25, -0.2) is 4.79 Å². The first-order valence-corrected chi connectivity index (χ1v) is 11.3. The molecule has 1 atom stereocenters. The van der Waals surface area contributed by atoms with E-state index in [0.717, 1.165) is 0 Å². The highest BCUT2D eigenvalue weighted by Crippen LogP contribution is 2.40. The fourth-order valence-corrected chi connectivity index (χ4v) is 4.23. The Morgan fingerprint density at radius 2 is 1.71 bits per heavy atom. The number of carbonyl (C=O) groups excluding carboxylic acids is 1. The Bertz CT molecular complexity index is 1050. The van der Waals surface area contributed by atoms with Gasteiger partial charge in [0.1, 0.15) is 0 Å². The molecule has 2 aromatic rings. The van der Waals surface area contributed by atoms with Gasteiger partial charge < -0.3 is 10.1 Å². The number of nitrogens with one attached hydrogen (secondary N) is 1. The molecule has 3 rings (SSSR count). The number of hydrogen-bond donors (Lipinski definition) is 1. The van der Waals surface area contributed by atoms with Crippen molar-refractivity contribution in [3.05, 3.63) is 63.2 Å². The highest BCUT2D eigenvalue weighted by Gasteiger charge is 2.37. The molecule has 0 aromatic heterocycles. The molecule has 35 heavy (non-hydrogen) atoms. The van der Waals surface area contributed by atoms with E-state index in [1.54, 1.807) is 32.9 Å². The largest absolute Gasteiger partial charge is 0.446 e. The van der Waals surface area contributed by atoms with Crippen molar-refractivity contribution < 1.29 is 35.9 Å². The third kappa shape index (κ3) is 6.41. The Morgan fingerprint density at radius 1 is 1.11 bits per heavy atom. The molecule has 1 aliphatic heterocycles. The Morgan fingerprint density at radius 3 is 2.26 bits per heavy atom. The van der Waals surface area contributed by atoms with Crippen LogP contribution >= 0.6 is 11.6 Å². The number of carbonyl (C=O) groups is 1. The standard InChI is InChI=1S/C24H25ClF6N2O2/c1-13(2)35-22(34)33-8-4-5-20(18-6-7-19(25)14(3)21(18)33)32-12-15-9-16(23(26,27)28)11-17(10-15)24(29,30)31/h6-7,9-11,13,20,32H,4-5,8,12H2,1-3H3. The van der Waals surface area contributed by atoms with E-state index in [1.165, 1.54) is 4.90 Å². The van der Waals surface area contributed by atoms with E-state index in [4.69, 9.17) is 16.3 Å². The maximum atomic E-state index is 13.2. The predicted molar refractivity (Wildman–Crippen MR) is 120 cm³/mol. The molecule has 0 aliphatic carbocycles. The Labute approximate surface area is 204 Å². The third-order valence-electron chi connectivity index (χ3n) is 5.67. The van der Waals surface area contributed by atoms with E-state index >= 15 is 0 Å². The summed E-state index contributed by atoms with van der Waals surface area (Å²) in [7, 11) is 0. The van der Waals surface area contributed by atoms with Crippen molar-refractivity contribution in [1.82, 2.24) is 5.32 Å².